The van der Waals surface area contributed by atoms with Gasteiger partial charge in [0, 0.05) is 18.8 Å². The predicted octanol–water partition coefficient (Wildman–Crippen LogP) is 3.09. The molecule has 21 heavy (non-hydrogen) atoms. The van der Waals surface area contributed by atoms with Crippen molar-refractivity contribution < 1.29 is 10.0 Å². The minimum atomic E-state index is -0.358. The van der Waals surface area contributed by atoms with Crippen molar-refractivity contribution in [2.24, 2.45) is 0 Å². The molecule has 106 valence electrons. The first-order chi connectivity index (χ1) is 10.2. The van der Waals surface area contributed by atoms with Gasteiger partial charge in [-0.15, -0.1) is 0 Å². The van der Waals surface area contributed by atoms with Crippen LogP contribution < -0.4 is 0 Å². The summed E-state index contributed by atoms with van der Waals surface area (Å²) in [5, 5.41) is 20.7. The minimum absolute atomic E-state index is 0.0267. The Labute approximate surface area is 121 Å². The summed E-state index contributed by atoms with van der Waals surface area (Å²) < 4.78 is 1.98. The highest BCUT2D eigenvalue weighted by Gasteiger charge is 2.13. The lowest BCUT2D eigenvalue weighted by molar-refractivity contribution is -0.383. The van der Waals surface area contributed by atoms with E-state index >= 15 is 0 Å². The maximum atomic E-state index is 11.0. The van der Waals surface area contributed by atoms with Gasteiger partial charge in [-0.1, -0.05) is 30.3 Å². The van der Waals surface area contributed by atoms with Gasteiger partial charge in [0.15, 0.2) is 0 Å². The van der Waals surface area contributed by atoms with Gasteiger partial charge in [-0.2, -0.15) is 0 Å². The number of nitro groups is 1. The molecule has 0 aliphatic heterocycles. The molecule has 0 amide bonds. The average molecular weight is 282 g/mol. The number of rotatable bonds is 4. The zero-order valence-electron chi connectivity index (χ0n) is 11.3. The third kappa shape index (κ3) is 2.51. The Hall–Kier alpha value is -2.66. The van der Waals surface area contributed by atoms with E-state index in [1.165, 1.54) is 6.07 Å². The van der Waals surface area contributed by atoms with E-state index in [-0.39, 0.29) is 17.2 Å². The van der Waals surface area contributed by atoms with Crippen LogP contribution in [-0.4, -0.2) is 14.6 Å². The number of aromatic nitrogens is 1. The van der Waals surface area contributed by atoms with Gasteiger partial charge in [-0.25, -0.2) is 0 Å². The van der Waals surface area contributed by atoms with E-state index in [9.17, 15) is 10.1 Å². The van der Waals surface area contributed by atoms with Crippen LogP contribution in [0, 0.1) is 10.1 Å². The van der Waals surface area contributed by atoms with Crippen molar-refractivity contribution in [2.45, 2.75) is 13.2 Å². The van der Waals surface area contributed by atoms with Crippen LogP contribution in [0.3, 0.4) is 0 Å². The number of aliphatic hydroxyl groups is 1. The smallest absolute Gasteiger partial charge is 0.278 e. The van der Waals surface area contributed by atoms with E-state index in [1.54, 1.807) is 12.1 Å². The first kappa shape index (κ1) is 13.3. The van der Waals surface area contributed by atoms with E-state index in [0.717, 1.165) is 16.6 Å². The van der Waals surface area contributed by atoms with Crippen LogP contribution >= 0.6 is 0 Å². The molecule has 1 aromatic heterocycles. The van der Waals surface area contributed by atoms with Crippen molar-refractivity contribution in [3.8, 4) is 0 Å². The molecule has 1 N–H and O–H groups in total. The summed E-state index contributed by atoms with van der Waals surface area (Å²) in [6, 6.07) is 14.5. The van der Waals surface area contributed by atoms with Gasteiger partial charge in [0.2, 0.25) is 0 Å². The molecule has 5 nitrogen and oxygen atoms in total. The predicted molar refractivity (Wildman–Crippen MR) is 80.1 cm³/mol. The summed E-state index contributed by atoms with van der Waals surface area (Å²) in [5.74, 6) is 0. The number of nitrogens with zero attached hydrogens (tertiary/aromatic N) is 2. The molecule has 0 radical (unpaired) electrons. The fraction of sp³-hybridized carbons (Fsp3) is 0.125. The molecule has 0 atom stereocenters. The van der Waals surface area contributed by atoms with E-state index in [4.69, 9.17) is 5.11 Å². The Morgan fingerprint density at radius 2 is 1.76 bits per heavy atom. The second-order valence-electron chi connectivity index (χ2n) is 4.89. The summed E-state index contributed by atoms with van der Waals surface area (Å²) in [6.45, 7) is 0.662. The second kappa shape index (κ2) is 5.38. The Kier molecular flexibility index (Phi) is 3.41. The van der Waals surface area contributed by atoms with Crippen molar-refractivity contribution >= 4 is 16.6 Å². The lowest BCUT2D eigenvalue weighted by Crippen LogP contribution is -1.98. The van der Waals surface area contributed by atoms with Gasteiger partial charge in [-0.3, -0.25) is 10.1 Å². The summed E-state index contributed by atoms with van der Waals surface area (Å²) in [6.07, 6.45) is 1.86. The highest BCUT2D eigenvalue weighted by atomic mass is 16.6. The first-order valence-electron chi connectivity index (χ1n) is 6.60. The quantitative estimate of drug-likeness (QED) is 0.590. The number of nitro benzene ring substituents is 1. The summed E-state index contributed by atoms with van der Waals surface area (Å²) in [4.78, 5) is 10.7. The zero-order valence-corrected chi connectivity index (χ0v) is 11.3. The Bertz CT molecular complexity index is 791. The van der Waals surface area contributed by atoms with E-state index in [2.05, 4.69) is 0 Å². The third-order valence-electron chi connectivity index (χ3n) is 3.55. The van der Waals surface area contributed by atoms with Crippen LogP contribution in [0.4, 0.5) is 5.69 Å². The number of fused-ring (bicyclic) bond motifs is 1. The lowest BCUT2D eigenvalue weighted by atomic mass is 10.1. The molecule has 5 heteroatoms. The Morgan fingerprint density at radius 3 is 2.43 bits per heavy atom. The molecular formula is C16H14N2O3. The third-order valence-corrected chi connectivity index (χ3v) is 3.55. The normalized spacial score (nSPS) is 10.9. The van der Waals surface area contributed by atoms with Gasteiger partial charge in [0.25, 0.3) is 5.69 Å². The minimum Gasteiger partial charge on any atom is -0.392 e. The molecule has 0 saturated carbocycles. The first-order valence-corrected chi connectivity index (χ1v) is 6.60. The van der Waals surface area contributed by atoms with Crippen molar-refractivity contribution in [3.63, 3.8) is 0 Å². The topological polar surface area (TPSA) is 68.3 Å². The number of benzene rings is 2. The van der Waals surface area contributed by atoms with Gasteiger partial charge in [0.1, 0.15) is 0 Å². The van der Waals surface area contributed by atoms with E-state index < -0.39 is 0 Å². The average Bonchev–Trinajstić information content (AvgIpc) is 2.91. The van der Waals surface area contributed by atoms with Crippen LogP contribution in [0.5, 0.6) is 0 Å². The van der Waals surface area contributed by atoms with Crippen molar-refractivity contribution in [3.05, 3.63) is 76.0 Å². The Morgan fingerprint density at radius 1 is 1.05 bits per heavy atom. The van der Waals surface area contributed by atoms with E-state index in [1.807, 2.05) is 41.1 Å². The fourth-order valence-electron chi connectivity index (χ4n) is 2.45. The van der Waals surface area contributed by atoms with Crippen LogP contribution in [0.25, 0.3) is 10.9 Å². The largest absolute Gasteiger partial charge is 0.392 e. The molecule has 2 aromatic carbocycles. The molecule has 0 aliphatic rings. The molecule has 0 fully saturated rings. The molecule has 3 aromatic rings. The zero-order chi connectivity index (χ0) is 14.8. The monoisotopic (exact) mass is 282 g/mol. The van der Waals surface area contributed by atoms with Gasteiger partial charge >= 0.3 is 0 Å². The summed E-state index contributed by atoms with van der Waals surface area (Å²) in [7, 11) is 0. The van der Waals surface area contributed by atoms with Crippen LogP contribution in [0.15, 0.2) is 54.7 Å². The second-order valence-corrected chi connectivity index (χ2v) is 4.89. The SMILES string of the molecule is O=[N+]([O-])c1cccc2c1ccn2Cc1ccc(CO)cc1. The highest BCUT2D eigenvalue weighted by Crippen LogP contribution is 2.26. The molecule has 0 aliphatic carbocycles. The Balaban J connectivity index is 1.97. The lowest BCUT2D eigenvalue weighted by Gasteiger charge is -2.06. The van der Waals surface area contributed by atoms with E-state index in [0.29, 0.717) is 11.9 Å². The standard InChI is InChI=1S/C16H14N2O3/c19-11-13-6-4-12(5-7-13)10-17-9-8-14-15(17)2-1-3-16(14)18(20)21/h1-9,19H,10-11H2. The molecule has 0 bridgehead atoms. The molecule has 3 rings (SSSR count). The van der Waals surface area contributed by atoms with Crippen molar-refractivity contribution in [1.82, 2.24) is 4.57 Å². The molecule has 0 spiro atoms. The summed E-state index contributed by atoms with van der Waals surface area (Å²) >= 11 is 0. The molecule has 0 saturated heterocycles. The van der Waals surface area contributed by atoms with Crippen LogP contribution in [0.1, 0.15) is 11.1 Å². The van der Waals surface area contributed by atoms with Crippen molar-refractivity contribution in [2.75, 3.05) is 0 Å². The molecule has 0 unspecified atom stereocenters. The molecular weight excluding hydrogens is 268 g/mol. The van der Waals surface area contributed by atoms with Crippen molar-refractivity contribution in [1.29, 1.82) is 0 Å². The van der Waals surface area contributed by atoms with Gasteiger partial charge < -0.3 is 9.67 Å². The van der Waals surface area contributed by atoms with Gasteiger partial charge in [-0.05, 0) is 23.3 Å². The maximum Gasteiger partial charge on any atom is 0.278 e. The van der Waals surface area contributed by atoms with Crippen LogP contribution in [0.2, 0.25) is 0 Å². The fourth-order valence-corrected chi connectivity index (χ4v) is 2.45. The molecule has 1 heterocycles. The summed E-state index contributed by atoms with van der Waals surface area (Å²) in [5.41, 5.74) is 2.92. The maximum absolute atomic E-state index is 11.0. The van der Waals surface area contributed by atoms with Crippen LogP contribution in [-0.2, 0) is 13.2 Å². The van der Waals surface area contributed by atoms with Gasteiger partial charge in [0.05, 0.1) is 22.4 Å². The highest BCUT2D eigenvalue weighted by molar-refractivity contribution is 5.89. The number of aliphatic hydroxyl groups excluding tert-OH is 1. The number of hydrogen-bond donors (Lipinski definition) is 1. The number of non-ortho nitro benzene ring substituents is 1. The number of hydrogen-bond acceptors (Lipinski definition) is 3.